The molecule has 3 nitrogen and oxygen atoms in total. The number of hydrogen-bond donors (Lipinski definition) is 2. The van der Waals surface area contributed by atoms with Gasteiger partial charge in [-0.15, -0.1) is 11.3 Å². The summed E-state index contributed by atoms with van der Waals surface area (Å²) in [5, 5.41) is 3.06. The van der Waals surface area contributed by atoms with Crippen molar-refractivity contribution in [3.8, 4) is 0 Å². The largest absolute Gasteiger partial charge is 0.351 e. The number of hydrogen-bond acceptors (Lipinski definition) is 3. The molecule has 19 heavy (non-hydrogen) atoms. The number of thiophene rings is 1. The van der Waals surface area contributed by atoms with E-state index in [2.05, 4.69) is 28.2 Å². The van der Waals surface area contributed by atoms with Gasteiger partial charge in [-0.1, -0.05) is 6.92 Å². The Morgan fingerprint density at radius 1 is 1.53 bits per heavy atom. The van der Waals surface area contributed by atoms with Crippen LogP contribution in [0, 0.1) is 11.3 Å². The Balaban J connectivity index is 1.93. The molecule has 0 unspecified atom stereocenters. The Hall–Kier alpha value is -0.390. The molecule has 0 aliphatic heterocycles. The number of halogens is 1. The molecule has 0 saturated heterocycles. The van der Waals surface area contributed by atoms with Gasteiger partial charge in [-0.25, -0.2) is 0 Å². The lowest BCUT2D eigenvalue weighted by molar-refractivity contribution is -0.133. The maximum Gasteiger partial charge on any atom is 0.227 e. The van der Waals surface area contributed by atoms with Crippen LogP contribution in [0.5, 0.6) is 0 Å². The van der Waals surface area contributed by atoms with Crippen molar-refractivity contribution in [3.05, 3.63) is 20.8 Å². The smallest absolute Gasteiger partial charge is 0.227 e. The van der Waals surface area contributed by atoms with E-state index >= 15 is 0 Å². The molecule has 0 spiro atoms. The van der Waals surface area contributed by atoms with E-state index in [1.807, 2.05) is 12.1 Å². The molecule has 0 atom stereocenters. The maximum atomic E-state index is 12.4. The fourth-order valence-corrected chi connectivity index (χ4v) is 4.06. The van der Waals surface area contributed by atoms with Crippen LogP contribution in [0.2, 0.25) is 0 Å². The van der Waals surface area contributed by atoms with Gasteiger partial charge in [0.15, 0.2) is 0 Å². The van der Waals surface area contributed by atoms with Crippen molar-refractivity contribution in [2.45, 2.75) is 39.2 Å². The molecule has 0 bridgehead atoms. The van der Waals surface area contributed by atoms with E-state index in [0.717, 1.165) is 40.3 Å². The molecule has 5 heteroatoms. The van der Waals surface area contributed by atoms with Crippen molar-refractivity contribution < 1.29 is 4.79 Å². The number of carbonyl (C=O) groups excluding carboxylic acids is 1. The van der Waals surface area contributed by atoms with Crippen LogP contribution in [0.4, 0.5) is 0 Å². The number of carbonyl (C=O) groups is 1. The van der Waals surface area contributed by atoms with Gasteiger partial charge in [-0.3, -0.25) is 4.79 Å². The summed E-state index contributed by atoms with van der Waals surface area (Å²) < 4.78 is 1.09. The third kappa shape index (κ3) is 3.58. The minimum Gasteiger partial charge on any atom is -0.351 e. The fourth-order valence-electron chi connectivity index (χ4n) is 2.64. The molecule has 0 aromatic carbocycles. The molecule has 106 valence electrons. The molecular formula is C14H21BrN2OS. The van der Waals surface area contributed by atoms with Gasteiger partial charge in [-0.2, -0.15) is 0 Å². The van der Waals surface area contributed by atoms with Crippen LogP contribution in [0.3, 0.4) is 0 Å². The zero-order chi connectivity index (χ0) is 13.9. The molecule has 1 aliphatic carbocycles. The lowest BCUT2D eigenvalue weighted by Crippen LogP contribution is -2.47. The first-order chi connectivity index (χ1) is 9.05. The molecule has 1 saturated carbocycles. The monoisotopic (exact) mass is 344 g/mol. The van der Waals surface area contributed by atoms with Crippen LogP contribution in [-0.4, -0.2) is 12.5 Å². The van der Waals surface area contributed by atoms with E-state index in [4.69, 9.17) is 5.73 Å². The Morgan fingerprint density at radius 2 is 2.21 bits per heavy atom. The second-order valence-corrected chi connectivity index (χ2v) is 8.10. The van der Waals surface area contributed by atoms with Crippen molar-refractivity contribution >= 4 is 33.2 Å². The van der Waals surface area contributed by atoms with Gasteiger partial charge in [-0.05, 0) is 59.7 Å². The molecule has 2 rings (SSSR count). The van der Waals surface area contributed by atoms with E-state index in [-0.39, 0.29) is 11.3 Å². The number of nitrogens with one attached hydrogen (secondary N) is 1. The normalized spacial score (nSPS) is 27.2. The average molecular weight is 345 g/mol. The molecule has 1 heterocycles. The van der Waals surface area contributed by atoms with Crippen LogP contribution < -0.4 is 11.1 Å². The first-order valence-corrected chi connectivity index (χ1v) is 8.39. The minimum absolute atomic E-state index is 0.131. The summed E-state index contributed by atoms with van der Waals surface area (Å²) in [7, 11) is 0. The van der Waals surface area contributed by atoms with Crippen LogP contribution in [0.1, 0.15) is 37.5 Å². The summed E-state index contributed by atoms with van der Waals surface area (Å²) >= 11 is 5.09. The highest BCUT2D eigenvalue weighted by atomic mass is 79.9. The van der Waals surface area contributed by atoms with E-state index < -0.39 is 0 Å². The zero-order valence-electron chi connectivity index (χ0n) is 11.2. The van der Waals surface area contributed by atoms with Gasteiger partial charge in [0.25, 0.3) is 0 Å². The van der Waals surface area contributed by atoms with Gasteiger partial charge in [0.05, 0.1) is 15.7 Å². The number of amides is 1. The fraction of sp³-hybridized carbons (Fsp3) is 0.643. The predicted molar refractivity (Wildman–Crippen MR) is 83.0 cm³/mol. The standard InChI is InChI=1S/C14H21BrN2OS/c1-10-4-6-14(9-16,7-5-10)13(18)17-8-11-2-3-12(15)19-11/h2-3,10H,4-9,16H2,1H3,(H,17,18). The molecule has 1 amide bonds. The highest BCUT2D eigenvalue weighted by molar-refractivity contribution is 9.11. The van der Waals surface area contributed by atoms with Crippen LogP contribution in [-0.2, 0) is 11.3 Å². The second-order valence-electron chi connectivity index (χ2n) is 5.56. The summed E-state index contributed by atoms with van der Waals surface area (Å²) in [5.74, 6) is 0.854. The molecule has 1 aliphatic rings. The van der Waals surface area contributed by atoms with E-state index in [1.165, 1.54) is 0 Å². The van der Waals surface area contributed by atoms with Crippen molar-refractivity contribution in [1.82, 2.24) is 5.32 Å². The van der Waals surface area contributed by atoms with Crippen LogP contribution in [0.25, 0.3) is 0 Å². The summed E-state index contributed by atoms with van der Waals surface area (Å²) in [4.78, 5) is 13.6. The second kappa shape index (κ2) is 6.37. The third-order valence-corrected chi connectivity index (χ3v) is 5.78. The van der Waals surface area contributed by atoms with Crippen molar-refractivity contribution in [1.29, 1.82) is 0 Å². The Bertz CT molecular complexity index is 438. The van der Waals surface area contributed by atoms with E-state index in [9.17, 15) is 4.79 Å². The van der Waals surface area contributed by atoms with Gasteiger partial charge >= 0.3 is 0 Å². The summed E-state index contributed by atoms with van der Waals surface area (Å²) in [5.41, 5.74) is 5.56. The quantitative estimate of drug-likeness (QED) is 0.880. The Labute approximate surface area is 127 Å². The van der Waals surface area contributed by atoms with Gasteiger partial charge < -0.3 is 11.1 Å². The first-order valence-electron chi connectivity index (χ1n) is 6.78. The summed E-state index contributed by atoms with van der Waals surface area (Å²) in [6, 6.07) is 4.04. The molecule has 1 aromatic heterocycles. The van der Waals surface area contributed by atoms with Gasteiger partial charge in [0.1, 0.15) is 0 Å². The van der Waals surface area contributed by atoms with E-state index in [0.29, 0.717) is 13.1 Å². The molecule has 1 aromatic rings. The molecule has 3 N–H and O–H groups in total. The summed E-state index contributed by atoms with van der Waals surface area (Å²) in [6.45, 7) is 3.31. The lowest BCUT2D eigenvalue weighted by Gasteiger charge is -2.37. The van der Waals surface area contributed by atoms with Gasteiger partial charge in [0, 0.05) is 11.4 Å². The van der Waals surface area contributed by atoms with Crippen LogP contribution in [0.15, 0.2) is 15.9 Å². The highest BCUT2D eigenvalue weighted by Gasteiger charge is 2.39. The first kappa shape index (κ1) is 15.0. The average Bonchev–Trinajstić information content (AvgIpc) is 2.83. The minimum atomic E-state index is -0.332. The molecule has 1 fully saturated rings. The Kier molecular flexibility index (Phi) is 5.03. The highest BCUT2D eigenvalue weighted by Crippen LogP contribution is 2.38. The van der Waals surface area contributed by atoms with Gasteiger partial charge in [0.2, 0.25) is 5.91 Å². The third-order valence-electron chi connectivity index (χ3n) is 4.16. The maximum absolute atomic E-state index is 12.4. The molecule has 0 radical (unpaired) electrons. The predicted octanol–water partition coefficient (Wildman–Crippen LogP) is 3.28. The van der Waals surface area contributed by atoms with Crippen LogP contribution >= 0.6 is 27.3 Å². The molecular weight excluding hydrogens is 324 g/mol. The number of nitrogens with two attached hydrogens (primary N) is 1. The lowest BCUT2D eigenvalue weighted by atomic mass is 9.70. The van der Waals surface area contributed by atoms with Crippen molar-refractivity contribution in [2.75, 3.05) is 6.54 Å². The number of rotatable bonds is 4. The SMILES string of the molecule is CC1CCC(CN)(C(=O)NCc2ccc(Br)s2)CC1. The van der Waals surface area contributed by atoms with Crippen molar-refractivity contribution in [3.63, 3.8) is 0 Å². The topological polar surface area (TPSA) is 55.1 Å². The summed E-state index contributed by atoms with van der Waals surface area (Å²) in [6.07, 6.45) is 4.06. The Morgan fingerprint density at radius 3 is 2.74 bits per heavy atom. The van der Waals surface area contributed by atoms with Crippen molar-refractivity contribution in [2.24, 2.45) is 17.1 Å². The van der Waals surface area contributed by atoms with E-state index in [1.54, 1.807) is 11.3 Å². The zero-order valence-corrected chi connectivity index (χ0v) is 13.6.